The number of nitrogens with one attached hydrogen (secondary N) is 2. The smallest absolute Gasteiger partial charge is 0.260 e. The van der Waals surface area contributed by atoms with Crippen LogP contribution in [0.25, 0.3) is 0 Å². The van der Waals surface area contributed by atoms with Gasteiger partial charge in [-0.1, -0.05) is 65.8 Å². The Bertz CT molecular complexity index is 1770. The number of hydrogen-bond acceptors (Lipinski definition) is 8. The van der Waals surface area contributed by atoms with Gasteiger partial charge in [-0.15, -0.1) is 5.10 Å². The second-order valence-corrected chi connectivity index (χ2v) is 12.0. The molecule has 0 bridgehead atoms. The molecule has 4 aromatic rings. The van der Waals surface area contributed by atoms with Crippen molar-refractivity contribution in [1.29, 1.82) is 0 Å². The third-order valence-electron chi connectivity index (χ3n) is 7.76. The molecule has 1 atom stereocenters. The Labute approximate surface area is 278 Å². The molecule has 240 valence electrons. The van der Waals surface area contributed by atoms with Crippen LogP contribution >= 0.6 is 23.4 Å². The maximum atomic E-state index is 14.0. The standard InChI is InChI=1S/C34H37ClN6O4S/c1-6-40(7-2)29(42)19-45-27-17-16-23(18-28(27)44-5)31-30(32(43)37-26-15-11-8-12-21(26)3)22(4)36-33-38-34(39-41(31)33)46-20-24-13-9-10-14-25(24)35/h8-18,31H,6-7,19-20H2,1-5H3,(H,37,43)(H,36,38,39). The number of nitrogens with zero attached hydrogens (tertiary/aromatic N) is 4. The maximum absolute atomic E-state index is 14.0. The number of methoxy groups -OCH3 is 1. The number of fused-ring (bicyclic) bond motifs is 1. The first-order valence-corrected chi connectivity index (χ1v) is 16.4. The van der Waals surface area contributed by atoms with Crippen molar-refractivity contribution in [2.24, 2.45) is 0 Å². The Kier molecular flexibility index (Phi) is 10.5. The topological polar surface area (TPSA) is 111 Å². The third kappa shape index (κ3) is 7.16. The van der Waals surface area contributed by atoms with Crippen molar-refractivity contribution in [3.63, 3.8) is 0 Å². The lowest BCUT2D eigenvalue weighted by Crippen LogP contribution is -2.34. The SMILES string of the molecule is CCN(CC)C(=O)COc1ccc(C2C(C(=O)Nc3ccccc3C)=C(C)Nc3nc(SCc4ccccc4Cl)nn32)cc1OC. The van der Waals surface area contributed by atoms with Gasteiger partial charge in [-0.3, -0.25) is 9.59 Å². The molecule has 1 aromatic heterocycles. The van der Waals surface area contributed by atoms with Crippen molar-refractivity contribution in [2.45, 2.75) is 44.6 Å². The molecule has 0 saturated carbocycles. The summed E-state index contributed by atoms with van der Waals surface area (Å²) >= 11 is 7.84. The van der Waals surface area contributed by atoms with Crippen LogP contribution in [-0.4, -0.2) is 58.3 Å². The Hall–Kier alpha value is -4.48. The van der Waals surface area contributed by atoms with Crippen LogP contribution in [0.4, 0.5) is 11.6 Å². The average molecular weight is 661 g/mol. The molecule has 0 aliphatic carbocycles. The number of hydrogen-bond donors (Lipinski definition) is 2. The molecular formula is C34H37ClN6O4S. The van der Waals surface area contributed by atoms with Crippen LogP contribution in [0.1, 0.15) is 43.5 Å². The number of aryl methyl sites for hydroxylation is 1. The van der Waals surface area contributed by atoms with Crippen molar-refractivity contribution < 1.29 is 19.1 Å². The number of rotatable bonds is 12. The summed E-state index contributed by atoms with van der Waals surface area (Å²) in [4.78, 5) is 33.1. The normalized spacial score (nSPS) is 13.9. The summed E-state index contributed by atoms with van der Waals surface area (Å²) in [7, 11) is 1.54. The molecule has 5 rings (SSSR count). The minimum Gasteiger partial charge on any atom is -0.493 e. The number of carbonyl (C=O) groups is 2. The largest absolute Gasteiger partial charge is 0.493 e. The van der Waals surface area contributed by atoms with Gasteiger partial charge in [-0.25, -0.2) is 4.68 Å². The van der Waals surface area contributed by atoms with E-state index in [1.165, 1.54) is 18.9 Å². The molecule has 2 heterocycles. The Balaban J connectivity index is 1.50. The molecule has 0 spiro atoms. The van der Waals surface area contributed by atoms with Gasteiger partial charge < -0.3 is 25.0 Å². The molecule has 0 radical (unpaired) electrons. The zero-order chi connectivity index (χ0) is 32.8. The Morgan fingerprint density at radius 2 is 1.78 bits per heavy atom. The lowest BCUT2D eigenvalue weighted by molar-refractivity contribution is -0.133. The van der Waals surface area contributed by atoms with E-state index >= 15 is 0 Å². The van der Waals surface area contributed by atoms with Gasteiger partial charge in [-0.2, -0.15) is 4.98 Å². The third-order valence-corrected chi connectivity index (χ3v) is 9.01. The zero-order valence-electron chi connectivity index (χ0n) is 26.5. The van der Waals surface area contributed by atoms with Crippen LogP contribution in [0.5, 0.6) is 11.5 Å². The van der Waals surface area contributed by atoms with E-state index in [1.54, 1.807) is 15.6 Å². The molecule has 2 N–H and O–H groups in total. The summed E-state index contributed by atoms with van der Waals surface area (Å²) in [5, 5.41) is 12.4. The first kappa shape index (κ1) is 32.9. The van der Waals surface area contributed by atoms with Crippen LogP contribution in [-0.2, 0) is 15.3 Å². The molecule has 1 aliphatic heterocycles. The number of para-hydroxylation sites is 1. The highest BCUT2D eigenvalue weighted by atomic mass is 35.5. The van der Waals surface area contributed by atoms with Crippen LogP contribution in [0.3, 0.4) is 0 Å². The second kappa shape index (κ2) is 14.7. The number of anilines is 2. The second-order valence-electron chi connectivity index (χ2n) is 10.6. The van der Waals surface area contributed by atoms with E-state index in [-0.39, 0.29) is 18.4 Å². The highest BCUT2D eigenvalue weighted by molar-refractivity contribution is 7.98. The number of allylic oxidation sites excluding steroid dienone is 1. The van der Waals surface area contributed by atoms with E-state index in [4.69, 9.17) is 31.2 Å². The van der Waals surface area contributed by atoms with Gasteiger partial charge in [-0.05, 0) is 68.7 Å². The number of aromatic nitrogens is 3. The molecule has 1 aliphatic rings. The molecule has 10 nitrogen and oxygen atoms in total. The summed E-state index contributed by atoms with van der Waals surface area (Å²) in [5.41, 5.74) is 4.46. The minimum atomic E-state index is -0.650. The van der Waals surface area contributed by atoms with Crippen LogP contribution in [0.2, 0.25) is 5.02 Å². The molecule has 0 fully saturated rings. The van der Waals surface area contributed by atoms with Gasteiger partial charge in [0.2, 0.25) is 11.1 Å². The number of amides is 2. The average Bonchev–Trinajstić information content (AvgIpc) is 3.46. The monoisotopic (exact) mass is 660 g/mol. The number of halogens is 1. The summed E-state index contributed by atoms with van der Waals surface area (Å²) in [6.07, 6.45) is 0. The fourth-order valence-corrected chi connectivity index (χ4v) is 6.35. The number of ether oxygens (including phenoxy) is 2. The van der Waals surface area contributed by atoms with E-state index in [9.17, 15) is 9.59 Å². The molecular weight excluding hydrogens is 624 g/mol. The molecule has 2 amide bonds. The molecule has 3 aromatic carbocycles. The van der Waals surface area contributed by atoms with E-state index in [2.05, 4.69) is 10.6 Å². The van der Waals surface area contributed by atoms with Crippen molar-refractivity contribution in [3.8, 4) is 11.5 Å². The summed E-state index contributed by atoms with van der Waals surface area (Å²) in [6, 6.07) is 20.0. The summed E-state index contributed by atoms with van der Waals surface area (Å²) in [6.45, 7) is 8.73. The first-order chi connectivity index (χ1) is 22.2. The van der Waals surface area contributed by atoms with Crippen LogP contribution < -0.4 is 20.1 Å². The molecule has 1 unspecified atom stereocenters. The van der Waals surface area contributed by atoms with Crippen LogP contribution in [0, 0.1) is 6.92 Å². The highest BCUT2D eigenvalue weighted by Crippen LogP contribution is 2.40. The quantitative estimate of drug-likeness (QED) is 0.161. The fraction of sp³-hybridized carbons (Fsp3) is 0.294. The van der Waals surface area contributed by atoms with Gasteiger partial charge in [0, 0.05) is 35.2 Å². The predicted molar refractivity (Wildman–Crippen MR) is 182 cm³/mol. The van der Waals surface area contributed by atoms with Gasteiger partial charge in [0.1, 0.15) is 6.04 Å². The Morgan fingerprint density at radius 1 is 1.04 bits per heavy atom. The number of thioether (sulfide) groups is 1. The van der Waals surface area contributed by atoms with E-state index in [0.717, 1.165) is 16.7 Å². The minimum absolute atomic E-state index is 0.114. The number of likely N-dealkylation sites (N-methyl/N-ethyl adjacent to an activating group) is 1. The Morgan fingerprint density at radius 3 is 2.50 bits per heavy atom. The lowest BCUT2D eigenvalue weighted by atomic mass is 9.94. The molecule has 46 heavy (non-hydrogen) atoms. The van der Waals surface area contributed by atoms with Gasteiger partial charge in [0.25, 0.3) is 11.8 Å². The van der Waals surface area contributed by atoms with Crippen molar-refractivity contribution in [3.05, 3.63) is 99.7 Å². The van der Waals surface area contributed by atoms with E-state index < -0.39 is 6.04 Å². The highest BCUT2D eigenvalue weighted by Gasteiger charge is 2.35. The van der Waals surface area contributed by atoms with Crippen molar-refractivity contribution >= 4 is 46.8 Å². The molecule has 12 heteroatoms. The van der Waals surface area contributed by atoms with Gasteiger partial charge in [0.05, 0.1) is 12.7 Å². The van der Waals surface area contributed by atoms with Gasteiger partial charge >= 0.3 is 0 Å². The van der Waals surface area contributed by atoms with E-state index in [0.29, 0.717) is 63.4 Å². The predicted octanol–water partition coefficient (Wildman–Crippen LogP) is 6.72. The fourth-order valence-electron chi connectivity index (χ4n) is 5.24. The maximum Gasteiger partial charge on any atom is 0.260 e. The van der Waals surface area contributed by atoms with Crippen LogP contribution in [0.15, 0.2) is 83.2 Å². The lowest BCUT2D eigenvalue weighted by Gasteiger charge is -2.29. The van der Waals surface area contributed by atoms with Crippen molar-refractivity contribution in [1.82, 2.24) is 19.7 Å². The molecule has 0 saturated heterocycles. The van der Waals surface area contributed by atoms with Gasteiger partial charge in [0.15, 0.2) is 18.1 Å². The number of carbonyl (C=O) groups excluding carboxylic acids is 2. The zero-order valence-corrected chi connectivity index (χ0v) is 28.0. The summed E-state index contributed by atoms with van der Waals surface area (Å²) in [5.74, 6) is 1.53. The number of benzene rings is 3. The summed E-state index contributed by atoms with van der Waals surface area (Å²) < 4.78 is 13.3. The first-order valence-electron chi connectivity index (χ1n) is 15.0. The van der Waals surface area contributed by atoms with Crippen molar-refractivity contribution in [2.75, 3.05) is 37.4 Å². The van der Waals surface area contributed by atoms with E-state index in [1.807, 2.05) is 88.4 Å².